The van der Waals surface area contributed by atoms with Crippen molar-refractivity contribution in [3.8, 4) is 5.75 Å². The third-order valence-corrected chi connectivity index (χ3v) is 4.17. The van der Waals surface area contributed by atoms with Crippen molar-refractivity contribution >= 4 is 17.3 Å². The molecule has 0 saturated heterocycles. The molecule has 2 aromatic rings. The maximum atomic E-state index is 12.5. The summed E-state index contributed by atoms with van der Waals surface area (Å²) in [7, 11) is 0. The van der Waals surface area contributed by atoms with E-state index in [0.29, 0.717) is 23.7 Å². The number of nitrogens with two attached hydrogens (primary N) is 1. The van der Waals surface area contributed by atoms with Gasteiger partial charge in [0.15, 0.2) is 6.10 Å². The molecule has 0 spiro atoms. The molecule has 0 heterocycles. The van der Waals surface area contributed by atoms with Crippen LogP contribution in [0.1, 0.15) is 45.1 Å². The first-order valence-electron chi connectivity index (χ1n) is 8.47. The number of rotatable bonds is 7. The third kappa shape index (κ3) is 4.51. The Morgan fingerprint density at radius 3 is 2.38 bits per heavy atom. The molecular weight excluding hydrogens is 300 g/mol. The van der Waals surface area contributed by atoms with Gasteiger partial charge in [-0.3, -0.25) is 4.79 Å². The minimum atomic E-state index is -0.534. The predicted molar refractivity (Wildman–Crippen MR) is 99.3 cm³/mol. The van der Waals surface area contributed by atoms with Crippen molar-refractivity contribution in [3.05, 3.63) is 54.1 Å². The first-order chi connectivity index (χ1) is 11.5. The van der Waals surface area contributed by atoms with Gasteiger partial charge in [-0.25, -0.2) is 0 Å². The van der Waals surface area contributed by atoms with Gasteiger partial charge in [0.25, 0.3) is 5.91 Å². The van der Waals surface area contributed by atoms with Gasteiger partial charge in [-0.15, -0.1) is 0 Å². The summed E-state index contributed by atoms with van der Waals surface area (Å²) < 4.78 is 6.04. The summed E-state index contributed by atoms with van der Waals surface area (Å²) in [5.41, 5.74) is 8.18. The van der Waals surface area contributed by atoms with Gasteiger partial charge >= 0.3 is 0 Å². The molecule has 4 nitrogen and oxygen atoms in total. The second-order valence-corrected chi connectivity index (χ2v) is 5.97. The standard InChI is InChI=1S/C20H26N2O2/c1-4-14(3)17-8-6-7-9-19(17)24-18(5-2)20(23)22-16-12-10-15(21)11-13-16/h6-14,18H,4-5,21H2,1-3H3,(H,22,23)/t14-,18+/m1/s1. The van der Waals surface area contributed by atoms with Crippen LogP contribution >= 0.6 is 0 Å². The fourth-order valence-corrected chi connectivity index (χ4v) is 2.48. The van der Waals surface area contributed by atoms with E-state index in [2.05, 4.69) is 25.2 Å². The zero-order valence-electron chi connectivity index (χ0n) is 14.6. The van der Waals surface area contributed by atoms with E-state index in [1.807, 2.05) is 25.1 Å². The first-order valence-corrected chi connectivity index (χ1v) is 8.47. The van der Waals surface area contributed by atoms with E-state index in [-0.39, 0.29) is 5.91 Å². The number of benzene rings is 2. The molecule has 0 aliphatic carbocycles. The highest BCUT2D eigenvalue weighted by Crippen LogP contribution is 2.29. The molecule has 0 aliphatic rings. The Labute approximate surface area is 144 Å². The van der Waals surface area contributed by atoms with Crippen molar-refractivity contribution in [1.29, 1.82) is 0 Å². The number of hydrogen-bond acceptors (Lipinski definition) is 3. The zero-order valence-corrected chi connectivity index (χ0v) is 14.6. The Morgan fingerprint density at radius 1 is 1.08 bits per heavy atom. The molecular formula is C20H26N2O2. The quantitative estimate of drug-likeness (QED) is 0.732. The predicted octanol–water partition coefficient (Wildman–Crippen LogP) is 4.58. The fraction of sp³-hybridized carbons (Fsp3) is 0.350. The second kappa shape index (κ2) is 8.39. The molecule has 4 heteroatoms. The molecule has 0 unspecified atom stereocenters. The SMILES string of the molecule is CC[C@H](Oc1ccccc1[C@H](C)CC)C(=O)Nc1ccc(N)cc1. The van der Waals surface area contributed by atoms with Crippen LogP contribution in [0.25, 0.3) is 0 Å². The van der Waals surface area contributed by atoms with E-state index in [1.54, 1.807) is 24.3 Å². The molecule has 0 fully saturated rings. The van der Waals surface area contributed by atoms with Crippen LogP contribution in [-0.4, -0.2) is 12.0 Å². The maximum absolute atomic E-state index is 12.5. The topological polar surface area (TPSA) is 64.3 Å². The highest BCUT2D eigenvalue weighted by Gasteiger charge is 2.20. The molecule has 0 radical (unpaired) electrons. The van der Waals surface area contributed by atoms with Gasteiger partial charge in [0.1, 0.15) is 5.75 Å². The van der Waals surface area contributed by atoms with Crippen LogP contribution in [-0.2, 0) is 4.79 Å². The van der Waals surface area contributed by atoms with E-state index in [1.165, 1.54) is 0 Å². The van der Waals surface area contributed by atoms with Crippen LogP contribution in [0, 0.1) is 0 Å². The minimum Gasteiger partial charge on any atom is -0.480 e. The summed E-state index contributed by atoms with van der Waals surface area (Å²) >= 11 is 0. The Balaban J connectivity index is 2.11. The maximum Gasteiger partial charge on any atom is 0.265 e. The van der Waals surface area contributed by atoms with E-state index in [4.69, 9.17) is 10.5 Å². The molecule has 0 aromatic heterocycles. The highest BCUT2D eigenvalue weighted by atomic mass is 16.5. The van der Waals surface area contributed by atoms with Gasteiger partial charge in [0.2, 0.25) is 0 Å². The summed E-state index contributed by atoms with van der Waals surface area (Å²) in [5, 5.41) is 2.88. The smallest absolute Gasteiger partial charge is 0.265 e. The van der Waals surface area contributed by atoms with Crippen molar-refractivity contribution in [2.24, 2.45) is 0 Å². The lowest BCUT2D eigenvalue weighted by molar-refractivity contribution is -0.122. The number of nitrogen functional groups attached to an aromatic ring is 1. The van der Waals surface area contributed by atoms with Gasteiger partial charge in [0.05, 0.1) is 0 Å². The summed E-state index contributed by atoms with van der Waals surface area (Å²) in [6.07, 6.45) is 1.08. The molecule has 2 aromatic carbocycles. The molecule has 24 heavy (non-hydrogen) atoms. The average Bonchev–Trinajstić information content (AvgIpc) is 2.61. The van der Waals surface area contributed by atoms with Gasteiger partial charge < -0.3 is 15.8 Å². The van der Waals surface area contributed by atoms with Crippen molar-refractivity contribution in [3.63, 3.8) is 0 Å². The lowest BCUT2D eigenvalue weighted by atomic mass is 9.98. The summed E-state index contributed by atoms with van der Waals surface area (Å²) in [4.78, 5) is 12.5. The normalized spacial score (nSPS) is 13.1. The molecule has 2 rings (SSSR count). The molecule has 128 valence electrons. The van der Waals surface area contributed by atoms with Crippen molar-refractivity contribution in [2.75, 3.05) is 11.1 Å². The van der Waals surface area contributed by atoms with Crippen LogP contribution < -0.4 is 15.8 Å². The van der Waals surface area contributed by atoms with Gasteiger partial charge in [-0.05, 0) is 54.7 Å². The highest BCUT2D eigenvalue weighted by molar-refractivity contribution is 5.94. The molecule has 0 bridgehead atoms. The summed E-state index contributed by atoms with van der Waals surface area (Å²) in [6, 6.07) is 15.0. The third-order valence-electron chi connectivity index (χ3n) is 4.17. The minimum absolute atomic E-state index is 0.152. The first kappa shape index (κ1) is 17.9. The number of carbonyl (C=O) groups is 1. The molecule has 0 saturated carbocycles. The Morgan fingerprint density at radius 2 is 1.75 bits per heavy atom. The van der Waals surface area contributed by atoms with Crippen LogP contribution in [0.5, 0.6) is 5.75 Å². The average molecular weight is 326 g/mol. The zero-order chi connectivity index (χ0) is 17.5. The van der Waals surface area contributed by atoms with Crippen molar-refractivity contribution in [2.45, 2.75) is 45.6 Å². The fourth-order valence-electron chi connectivity index (χ4n) is 2.48. The Kier molecular flexibility index (Phi) is 6.24. The second-order valence-electron chi connectivity index (χ2n) is 5.97. The molecule has 3 N–H and O–H groups in total. The number of para-hydroxylation sites is 1. The van der Waals surface area contributed by atoms with Crippen molar-refractivity contribution < 1.29 is 9.53 Å². The number of anilines is 2. The summed E-state index contributed by atoms with van der Waals surface area (Å²) in [5.74, 6) is 1.02. The van der Waals surface area contributed by atoms with E-state index >= 15 is 0 Å². The number of carbonyl (C=O) groups excluding carboxylic acids is 1. The molecule has 1 amide bonds. The van der Waals surface area contributed by atoms with Crippen molar-refractivity contribution in [1.82, 2.24) is 0 Å². The van der Waals surface area contributed by atoms with E-state index < -0.39 is 6.10 Å². The van der Waals surface area contributed by atoms with Gasteiger partial charge in [-0.2, -0.15) is 0 Å². The number of amides is 1. The molecule has 0 aliphatic heterocycles. The Bertz CT molecular complexity index is 668. The van der Waals surface area contributed by atoms with Crippen LogP contribution in [0.3, 0.4) is 0 Å². The molecule has 2 atom stereocenters. The Hall–Kier alpha value is -2.49. The number of nitrogens with one attached hydrogen (secondary N) is 1. The largest absolute Gasteiger partial charge is 0.480 e. The van der Waals surface area contributed by atoms with Crippen LogP contribution in [0.2, 0.25) is 0 Å². The van der Waals surface area contributed by atoms with Gasteiger partial charge in [-0.1, -0.05) is 39.0 Å². The van der Waals surface area contributed by atoms with Crippen LogP contribution in [0.15, 0.2) is 48.5 Å². The van der Waals surface area contributed by atoms with E-state index in [0.717, 1.165) is 17.7 Å². The van der Waals surface area contributed by atoms with E-state index in [9.17, 15) is 4.79 Å². The summed E-state index contributed by atoms with van der Waals surface area (Å²) in [6.45, 7) is 6.25. The number of hydrogen-bond donors (Lipinski definition) is 2. The lowest BCUT2D eigenvalue weighted by Crippen LogP contribution is -2.32. The number of ether oxygens (including phenoxy) is 1. The monoisotopic (exact) mass is 326 g/mol. The van der Waals surface area contributed by atoms with Gasteiger partial charge in [0, 0.05) is 11.4 Å². The lowest BCUT2D eigenvalue weighted by Gasteiger charge is -2.21. The van der Waals surface area contributed by atoms with Crippen LogP contribution in [0.4, 0.5) is 11.4 Å².